The van der Waals surface area contributed by atoms with Crippen molar-refractivity contribution in [3.05, 3.63) is 133 Å². The summed E-state index contributed by atoms with van der Waals surface area (Å²) >= 11 is 1.29. The van der Waals surface area contributed by atoms with E-state index >= 15 is 0 Å². The quantitative estimate of drug-likeness (QED) is 0.231. The second-order valence-corrected chi connectivity index (χ2v) is 11.5. The van der Waals surface area contributed by atoms with Crippen molar-refractivity contribution in [1.29, 1.82) is 0 Å². The molecule has 0 spiro atoms. The maximum absolute atomic E-state index is 14.3. The molecule has 5 aromatic rings. The summed E-state index contributed by atoms with van der Waals surface area (Å²) in [4.78, 5) is 33.4. The Morgan fingerprint density at radius 3 is 2.61 bits per heavy atom. The highest BCUT2D eigenvalue weighted by molar-refractivity contribution is 7.07. The van der Waals surface area contributed by atoms with Crippen LogP contribution in [0.15, 0.2) is 107 Å². The van der Waals surface area contributed by atoms with Gasteiger partial charge in [-0.05, 0) is 62.7 Å². The van der Waals surface area contributed by atoms with Gasteiger partial charge in [-0.25, -0.2) is 4.99 Å². The molecule has 1 aliphatic heterocycles. The average molecular weight is 605 g/mol. The molecule has 3 heterocycles. The first-order valence-corrected chi connectivity index (χ1v) is 15.2. The molecule has 6 rings (SSSR count). The molecule has 0 bridgehead atoms. The minimum Gasteiger partial charge on any atom is -0.504 e. The van der Waals surface area contributed by atoms with Crippen molar-refractivity contribution in [2.75, 3.05) is 11.9 Å². The van der Waals surface area contributed by atoms with Crippen LogP contribution in [0.1, 0.15) is 36.7 Å². The highest BCUT2D eigenvalue weighted by Gasteiger charge is 2.33. The van der Waals surface area contributed by atoms with Crippen LogP contribution in [0.4, 0.5) is 5.69 Å². The van der Waals surface area contributed by atoms with Crippen molar-refractivity contribution in [2.24, 2.45) is 4.99 Å². The largest absolute Gasteiger partial charge is 0.504 e. The first-order valence-electron chi connectivity index (χ1n) is 14.4. The van der Waals surface area contributed by atoms with Gasteiger partial charge >= 0.3 is 0 Å². The third-order valence-electron chi connectivity index (χ3n) is 7.76. The number of phenolic OH excluding ortho intramolecular Hbond substituents is 1. The number of fused-ring (bicyclic) bond motifs is 2. The number of aromatic nitrogens is 2. The molecule has 2 aromatic heterocycles. The highest BCUT2D eigenvalue weighted by Crippen LogP contribution is 2.36. The smallest absolute Gasteiger partial charge is 0.271 e. The van der Waals surface area contributed by atoms with Crippen LogP contribution in [-0.4, -0.2) is 26.8 Å². The molecule has 2 N–H and O–H groups in total. The first-order chi connectivity index (χ1) is 21.3. The first kappa shape index (κ1) is 28.9. The Morgan fingerprint density at radius 2 is 1.86 bits per heavy atom. The summed E-state index contributed by atoms with van der Waals surface area (Å²) in [6.07, 6.45) is 3.78. The van der Waals surface area contributed by atoms with Gasteiger partial charge in [-0.1, -0.05) is 59.9 Å². The number of ether oxygens (including phenoxy) is 1. The van der Waals surface area contributed by atoms with E-state index < -0.39 is 6.04 Å². The van der Waals surface area contributed by atoms with Crippen LogP contribution in [0.5, 0.6) is 11.5 Å². The van der Waals surface area contributed by atoms with Gasteiger partial charge in [-0.2, -0.15) is 0 Å². The van der Waals surface area contributed by atoms with Crippen LogP contribution in [0, 0.1) is 6.92 Å². The lowest BCUT2D eigenvalue weighted by Crippen LogP contribution is -2.40. The number of rotatable bonds is 8. The number of benzene rings is 3. The van der Waals surface area contributed by atoms with Crippen LogP contribution >= 0.6 is 11.3 Å². The lowest BCUT2D eigenvalue weighted by atomic mass is 9.94. The SMILES string of the molecule is C=CCn1c(C)c(/C=c2\sc3n(c2=O)[C@H](c2ccc(O)c(OCC)c2)C(C(=O)Nc2ccccc2)=C(C)N=3)c2ccccc21. The Hall–Kier alpha value is -5.15. The van der Waals surface area contributed by atoms with Crippen LogP contribution in [0.25, 0.3) is 17.0 Å². The fourth-order valence-corrected chi connectivity index (χ4v) is 6.78. The highest BCUT2D eigenvalue weighted by atomic mass is 32.1. The van der Waals surface area contributed by atoms with E-state index in [1.165, 1.54) is 17.4 Å². The normalized spacial score (nSPS) is 14.8. The fraction of sp³-hybridized carbons (Fsp3) is 0.171. The number of nitrogens with one attached hydrogen (secondary N) is 1. The number of nitrogens with zero attached hydrogens (tertiary/aromatic N) is 3. The predicted molar refractivity (Wildman–Crippen MR) is 175 cm³/mol. The van der Waals surface area contributed by atoms with Crippen molar-refractivity contribution in [1.82, 2.24) is 9.13 Å². The number of phenols is 1. The van der Waals surface area contributed by atoms with Gasteiger partial charge in [0.1, 0.15) is 0 Å². The van der Waals surface area contributed by atoms with Gasteiger partial charge in [-0.15, -0.1) is 6.58 Å². The fourth-order valence-electron chi connectivity index (χ4n) is 5.75. The molecular formula is C35H32N4O4S. The summed E-state index contributed by atoms with van der Waals surface area (Å²) in [6.45, 7) is 10.5. The zero-order valence-corrected chi connectivity index (χ0v) is 25.5. The minimum absolute atomic E-state index is 0.0228. The van der Waals surface area contributed by atoms with Crippen LogP contribution in [0.2, 0.25) is 0 Å². The molecule has 0 unspecified atom stereocenters. The zero-order valence-electron chi connectivity index (χ0n) is 24.7. The van der Waals surface area contributed by atoms with Crippen molar-refractivity contribution < 1.29 is 14.6 Å². The van der Waals surface area contributed by atoms with Gasteiger partial charge in [0.25, 0.3) is 11.5 Å². The van der Waals surface area contributed by atoms with Gasteiger partial charge in [-0.3, -0.25) is 14.2 Å². The summed E-state index contributed by atoms with van der Waals surface area (Å²) in [7, 11) is 0. The molecule has 1 aliphatic rings. The number of carbonyl (C=O) groups is 1. The standard InChI is InChI=1S/C35H32N4O4S/c1-5-18-38-22(4)26(25-14-10-11-15-27(25)38)20-30-34(42)39-32(23-16-17-28(40)29(19-23)43-6-2)31(21(3)36-35(39)44-30)33(41)37-24-12-8-7-9-13-24/h5,7-17,19-20,32,40H,1,6,18H2,2-4H3,(H,37,41)/b30-20-/t32-/m1/s1. The molecule has 0 radical (unpaired) electrons. The number of anilines is 1. The molecular weight excluding hydrogens is 572 g/mol. The number of hydrogen-bond acceptors (Lipinski definition) is 6. The zero-order chi connectivity index (χ0) is 31.0. The van der Waals surface area contributed by atoms with E-state index in [2.05, 4.69) is 28.6 Å². The van der Waals surface area contributed by atoms with Crippen molar-refractivity contribution >= 4 is 39.9 Å². The third kappa shape index (κ3) is 5.05. The van der Waals surface area contributed by atoms with Crippen LogP contribution in [0.3, 0.4) is 0 Å². The Balaban J connectivity index is 1.56. The summed E-state index contributed by atoms with van der Waals surface area (Å²) in [5.74, 6) is -0.119. The average Bonchev–Trinajstić information content (AvgIpc) is 3.46. The number of carbonyl (C=O) groups excluding carboxylic acids is 1. The van der Waals surface area contributed by atoms with Crippen molar-refractivity contribution in [3.63, 3.8) is 0 Å². The molecule has 3 aromatic carbocycles. The van der Waals surface area contributed by atoms with E-state index in [4.69, 9.17) is 9.73 Å². The predicted octanol–water partition coefficient (Wildman–Crippen LogP) is 5.43. The van der Waals surface area contributed by atoms with Crippen LogP contribution in [-0.2, 0) is 11.3 Å². The number of allylic oxidation sites excluding steroid dienone is 2. The van der Waals surface area contributed by atoms with Crippen molar-refractivity contribution in [2.45, 2.75) is 33.4 Å². The Bertz CT molecular complexity index is 2140. The Kier molecular flexibility index (Phi) is 7.80. The molecule has 0 saturated carbocycles. The number of aromatic hydroxyl groups is 1. The second kappa shape index (κ2) is 11.9. The van der Waals surface area contributed by atoms with Gasteiger partial charge < -0.3 is 19.7 Å². The molecule has 0 saturated heterocycles. The van der Waals surface area contributed by atoms with E-state index in [1.54, 1.807) is 35.8 Å². The van der Waals surface area contributed by atoms with E-state index in [9.17, 15) is 14.7 Å². The van der Waals surface area contributed by atoms with E-state index in [0.717, 1.165) is 22.2 Å². The maximum atomic E-state index is 14.3. The molecule has 44 heavy (non-hydrogen) atoms. The van der Waals surface area contributed by atoms with Gasteiger partial charge in [0.05, 0.1) is 28.5 Å². The van der Waals surface area contributed by atoms with E-state index in [0.29, 0.717) is 45.0 Å². The monoisotopic (exact) mass is 604 g/mol. The lowest BCUT2D eigenvalue weighted by Gasteiger charge is -2.26. The summed E-state index contributed by atoms with van der Waals surface area (Å²) in [6, 6.07) is 21.4. The molecule has 9 heteroatoms. The second-order valence-electron chi connectivity index (χ2n) is 10.5. The number of thiazole rings is 1. The summed E-state index contributed by atoms with van der Waals surface area (Å²) < 4.78 is 9.92. The molecule has 222 valence electrons. The van der Waals surface area contributed by atoms with Gasteiger partial charge in [0.15, 0.2) is 16.3 Å². The number of hydrogen-bond donors (Lipinski definition) is 2. The number of para-hydroxylation sites is 2. The molecule has 0 aliphatic carbocycles. The topological polar surface area (TPSA) is 97.9 Å². The summed E-state index contributed by atoms with van der Waals surface area (Å²) in [5, 5.41) is 14.4. The minimum atomic E-state index is -0.805. The molecule has 0 fully saturated rings. The van der Waals surface area contributed by atoms with E-state index in [-0.39, 0.29) is 23.0 Å². The van der Waals surface area contributed by atoms with Crippen molar-refractivity contribution in [3.8, 4) is 11.5 Å². The lowest BCUT2D eigenvalue weighted by molar-refractivity contribution is -0.113. The van der Waals surface area contributed by atoms with Crippen LogP contribution < -0.4 is 24.9 Å². The van der Waals surface area contributed by atoms with Gasteiger partial charge in [0, 0.05) is 34.4 Å². The number of amides is 1. The Morgan fingerprint density at radius 1 is 1.11 bits per heavy atom. The Labute approximate surface area is 258 Å². The van der Waals surface area contributed by atoms with E-state index in [1.807, 2.05) is 56.3 Å². The molecule has 1 amide bonds. The summed E-state index contributed by atoms with van der Waals surface area (Å²) in [5.41, 5.74) is 4.84. The third-order valence-corrected chi connectivity index (χ3v) is 8.75. The maximum Gasteiger partial charge on any atom is 0.271 e. The van der Waals surface area contributed by atoms with Gasteiger partial charge in [0.2, 0.25) is 0 Å². The molecule has 8 nitrogen and oxygen atoms in total. The molecule has 1 atom stereocenters.